The number of methoxy groups -OCH3 is 1. The number of ether oxygens (including phenoxy) is 1. The first-order chi connectivity index (χ1) is 7.69. The molecule has 0 heterocycles. The van der Waals surface area contributed by atoms with Gasteiger partial charge in [0, 0.05) is 0 Å². The zero-order valence-corrected chi connectivity index (χ0v) is 9.91. The lowest BCUT2D eigenvalue weighted by Gasteiger charge is -2.04. The molecule has 0 unspecified atom stereocenters. The van der Waals surface area contributed by atoms with E-state index in [1.165, 1.54) is 0 Å². The lowest BCUT2D eigenvalue weighted by molar-refractivity contribution is 0.0696. The van der Waals surface area contributed by atoms with Crippen LogP contribution >= 0.6 is 12.6 Å². The van der Waals surface area contributed by atoms with Crippen LogP contribution in [-0.2, 0) is 0 Å². The molecule has 3 nitrogen and oxygen atoms in total. The average molecular weight is 238 g/mol. The fourth-order valence-corrected chi connectivity index (χ4v) is 1.43. The summed E-state index contributed by atoms with van der Waals surface area (Å²) in [6.45, 7) is 0. The molecule has 0 amide bonds. The fraction of sp³-hybridized carbons (Fsp3) is 0.250. The molecule has 86 valence electrons. The normalized spacial score (nSPS) is 10.6. The van der Waals surface area contributed by atoms with E-state index in [0.717, 1.165) is 12.2 Å². The Morgan fingerprint density at radius 3 is 2.88 bits per heavy atom. The number of allylic oxidation sites excluding steroid dienone is 1. The summed E-state index contributed by atoms with van der Waals surface area (Å²) in [5, 5.41) is 9.00. The standard InChI is InChI=1S/C12H14O3S/c1-15-10-5-6-11(12(13)14)9(8-10)4-2-3-7-16/h2,4-6,8,16H,3,7H2,1H3,(H,13,14). The number of rotatable bonds is 5. The second-order valence-electron chi connectivity index (χ2n) is 3.17. The van der Waals surface area contributed by atoms with Crippen molar-refractivity contribution in [2.45, 2.75) is 6.42 Å². The molecule has 0 aromatic heterocycles. The molecule has 1 aromatic carbocycles. The van der Waals surface area contributed by atoms with Crippen LogP contribution in [0.5, 0.6) is 5.75 Å². The van der Waals surface area contributed by atoms with E-state index in [0.29, 0.717) is 11.3 Å². The van der Waals surface area contributed by atoms with Crippen LogP contribution in [0.2, 0.25) is 0 Å². The molecule has 0 aliphatic carbocycles. The summed E-state index contributed by atoms with van der Waals surface area (Å²) in [6, 6.07) is 4.89. The van der Waals surface area contributed by atoms with Crippen LogP contribution < -0.4 is 4.74 Å². The largest absolute Gasteiger partial charge is 0.497 e. The van der Waals surface area contributed by atoms with Gasteiger partial charge in [-0.05, 0) is 35.9 Å². The number of carbonyl (C=O) groups is 1. The summed E-state index contributed by atoms with van der Waals surface area (Å²) >= 11 is 4.08. The second kappa shape index (κ2) is 6.23. The van der Waals surface area contributed by atoms with Crippen molar-refractivity contribution in [1.82, 2.24) is 0 Å². The van der Waals surface area contributed by atoms with Crippen molar-refractivity contribution in [2.75, 3.05) is 12.9 Å². The molecule has 1 N–H and O–H groups in total. The summed E-state index contributed by atoms with van der Waals surface area (Å²) < 4.78 is 5.05. The molecule has 0 saturated heterocycles. The Hall–Kier alpha value is -1.42. The maximum atomic E-state index is 11.0. The molecular weight excluding hydrogens is 224 g/mol. The molecule has 0 atom stereocenters. The summed E-state index contributed by atoms with van der Waals surface area (Å²) in [5.41, 5.74) is 0.921. The zero-order valence-electron chi connectivity index (χ0n) is 9.01. The van der Waals surface area contributed by atoms with Gasteiger partial charge in [0.1, 0.15) is 5.75 Å². The van der Waals surface area contributed by atoms with Gasteiger partial charge >= 0.3 is 5.97 Å². The molecule has 0 aliphatic rings. The summed E-state index contributed by atoms with van der Waals surface area (Å²) in [6.07, 6.45) is 4.48. The molecule has 1 aromatic rings. The van der Waals surface area contributed by atoms with E-state index < -0.39 is 5.97 Å². The van der Waals surface area contributed by atoms with E-state index in [1.807, 2.05) is 6.08 Å². The van der Waals surface area contributed by atoms with Gasteiger partial charge in [-0.15, -0.1) is 0 Å². The van der Waals surface area contributed by atoms with Gasteiger partial charge in [0.2, 0.25) is 0 Å². The minimum atomic E-state index is -0.937. The molecule has 0 radical (unpaired) electrons. The Bertz CT molecular complexity index is 399. The SMILES string of the molecule is COc1ccc(C(=O)O)c(C=CCCS)c1. The molecule has 0 saturated carbocycles. The number of carboxylic acid groups (broad SMARTS) is 1. The van der Waals surface area contributed by atoms with Crippen LogP contribution in [-0.4, -0.2) is 23.9 Å². The number of hydrogen-bond acceptors (Lipinski definition) is 3. The number of thiol groups is 1. The summed E-state index contributed by atoms with van der Waals surface area (Å²) in [4.78, 5) is 11.0. The molecule has 4 heteroatoms. The molecule has 0 bridgehead atoms. The topological polar surface area (TPSA) is 46.5 Å². The smallest absolute Gasteiger partial charge is 0.336 e. The number of benzene rings is 1. The van der Waals surface area contributed by atoms with E-state index in [4.69, 9.17) is 9.84 Å². The van der Waals surface area contributed by atoms with Crippen molar-refractivity contribution in [3.63, 3.8) is 0 Å². The van der Waals surface area contributed by atoms with E-state index in [1.54, 1.807) is 31.4 Å². The molecular formula is C12H14O3S. The fourth-order valence-electron chi connectivity index (χ4n) is 1.29. The third kappa shape index (κ3) is 3.31. The third-order valence-corrected chi connectivity index (χ3v) is 2.34. The van der Waals surface area contributed by atoms with Crippen molar-refractivity contribution in [2.24, 2.45) is 0 Å². The molecule has 0 spiro atoms. The summed E-state index contributed by atoms with van der Waals surface area (Å²) in [5.74, 6) is 0.451. The number of aromatic carboxylic acids is 1. The van der Waals surface area contributed by atoms with E-state index in [2.05, 4.69) is 12.6 Å². The van der Waals surface area contributed by atoms with E-state index in [9.17, 15) is 4.79 Å². The lowest BCUT2D eigenvalue weighted by Crippen LogP contribution is -1.99. The predicted octanol–water partition coefficient (Wildman–Crippen LogP) is 2.73. The third-order valence-electron chi connectivity index (χ3n) is 2.08. The van der Waals surface area contributed by atoms with Gasteiger partial charge in [0.25, 0.3) is 0 Å². The number of carboxylic acids is 1. The first-order valence-corrected chi connectivity index (χ1v) is 5.51. The van der Waals surface area contributed by atoms with Crippen LogP contribution in [0.15, 0.2) is 24.3 Å². The highest BCUT2D eigenvalue weighted by atomic mass is 32.1. The Balaban J connectivity index is 3.05. The Morgan fingerprint density at radius 2 is 2.31 bits per heavy atom. The van der Waals surface area contributed by atoms with Crippen molar-refractivity contribution in [3.05, 3.63) is 35.4 Å². The molecule has 1 rings (SSSR count). The highest BCUT2D eigenvalue weighted by molar-refractivity contribution is 7.80. The van der Waals surface area contributed by atoms with Crippen molar-refractivity contribution in [1.29, 1.82) is 0 Å². The van der Waals surface area contributed by atoms with E-state index in [-0.39, 0.29) is 5.56 Å². The number of hydrogen-bond donors (Lipinski definition) is 2. The maximum absolute atomic E-state index is 11.0. The van der Waals surface area contributed by atoms with Gasteiger partial charge in [0.05, 0.1) is 12.7 Å². The van der Waals surface area contributed by atoms with Crippen LogP contribution in [0.25, 0.3) is 6.08 Å². The first kappa shape index (κ1) is 12.6. The molecule has 0 aliphatic heterocycles. The highest BCUT2D eigenvalue weighted by Crippen LogP contribution is 2.19. The second-order valence-corrected chi connectivity index (χ2v) is 3.62. The minimum Gasteiger partial charge on any atom is -0.497 e. The van der Waals surface area contributed by atoms with E-state index >= 15 is 0 Å². The van der Waals surface area contributed by atoms with Crippen molar-refractivity contribution in [3.8, 4) is 5.75 Å². The van der Waals surface area contributed by atoms with Gasteiger partial charge in [0.15, 0.2) is 0 Å². The minimum absolute atomic E-state index is 0.274. The van der Waals surface area contributed by atoms with Gasteiger partial charge in [-0.25, -0.2) is 4.79 Å². The highest BCUT2D eigenvalue weighted by Gasteiger charge is 2.08. The molecule has 16 heavy (non-hydrogen) atoms. The van der Waals surface area contributed by atoms with Crippen LogP contribution in [0, 0.1) is 0 Å². The van der Waals surface area contributed by atoms with Gasteiger partial charge in [-0.3, -0.25) is 0 Å². The monoisotopic (exact) mass is 238 g/mol. The average Bonchev–Trinajstić information content (AvgIpc) is 2.29. The van der Waals surface area contributed by atoms with Crippen LogP contribution in [0.3, 0.4) is 0 Å². The summed E-state index contributed by atoms with van der Waals surface area (Å²) in [7, 11) is 1.55. The maximum Gasteiger partial charge on any atom is 0.336 e. The Morgan fingerprint density at radius 1 is 1.56 bits per heavy atom. The predicted molar refractivity (Wildman–Crippen MR) is 67.5 cm³/mol. The van der Waals surface area contributed by atoms with Gasteiger partial charge in [-0.1, -0.05) is 12.2 Å². The zero-order chi connectivity index (χ0) is 12.0. The van der Waals surface area contributed by atoms with Crippen LogP contribution in [0.4, 0.5) is 0 Å². The van der Waals surface area contributed by atoms with Gasteiger partial charge in [-0.2, -0.15) is 12.6 Å². The van der Waals surface area contributed by atoms with Crippen LogP contribution in [0.1, 0.15) is 22.3 Å². The Labute approximate surface area is 100 Å². The Kier molecular flexibility index (Phi) is 4.92. The van der Waals surface area contributed by atoms with Gasteiger partial charge < -0.3 is 9.84 Å². The molecule has 0 fully saturated rings. The quantitative estimate of drug-likeness (QED) is 0.775. The van der Waals surface area contributed by atoms with Crippen molar-refractivity contribution >= 4 is 24.7 Å². The van der Waals surface area contributed by atoms with Crippen molar-refractivity contribution < 1.29 is 14.6 Å². The lowest BCUT2D eigenvalue weighted by atomic mass is 10.1. The first-order valence-electron chi connectivity index (χ1n) is 4.87.